The topological polar surface area (TPSA) is 37.4 Å². The predicted octanol–water partition coefficient (Wildman–Crippen LogP) is 6.79. The Labute approximate surface area is 201 Å². The Hall–Kier alpha value is -3.08. The van der Waals surface area contributed by atoms with Crippen molar-refractivity contribution in [3.63, 3.8) is 0 Å². The van der Waals surface area contributed by atoms with Gasteiger partial charge in [-0.25, -0.2) is 0 Å². The molecule has 0 aliphatic carbocycles. The number of unbranched alkanes of at least 4 members (excludes halogenated alkanes) is 1. The van der Waals surface area contributed by atoms with E-state index in [1.165, 1.54) is 11.1 Å². The molecule has 0 saturated heterocycles. The van der Waals surface area contributed by atoms with Crippen molar-refractivity contribution in [3.05, 3.63) is 101 Å². The van der Waals surface area contributed by atoms with Crippen molar-refractivity contribution in [2.75, 3.05) is 25.5 Å². The molecule has 1 N–H and O–H groups in total. The van der Waals surface area contributed by atoms with E-state index in [1.807, 2.05) is 36.5 Å². The number of nitrogens with one attached hydrogen (secondary N) is 1. The van der Waals surface area contributed by atoms with E-state index in [4.69, 9.17) is 16.3 Å². The number of anilines is 1. The average Bonchev–Trinajstić information content (AvgIpc) is 2.84. The van der Waals surface area contributed by atoms with Crippen molar-refractivity contribution in [3.8, 4) is 5.75 Å². The first-order valence-corrected chi connectivity index (χ1v) is 11.8. The van der Waals surface area contributed by atoms with Crippen LogP contribution in [0.3, 0.4) is 0 Å². The number of hydrogen-bond acceptors (Lipinski definition) is 4. The summed E-state index contributed by atoms with van der Waals surface area (Å²) in [5.41, 5.74) is 4.62. The monoisotopic (exact) mass is 459 g/mol. The summed E-state index contributed by atoms with van der Waals surface area (Å²) < 4.78 is 5.41. The quantitative estimate of drug-likeness (QED) is 0.250. The summed E-state index contributed by atoms with van der Waals surface area (Å²) in [6.45, 7) is 3.77. The fraction of sp³-hybridized carbons (Fsp3) is 0.250. The Kier molecular flexibility index (Phi) is 8.18. The van der Waals surface area contributed by atoms with Gasteiger partial charge in [-0.15, -0.1) is 0 Å². The highest BCUT2D eigenvalue weighted by molar-refractivity contribution is 6.31. The number of aromatic nitrogens is 1. The molecule has 0 bridgehead atoms. The molecule has 0 aliphatic heterocycles. The number of hydrogen-bond donors (Lipinski definition) is 1. The highest BCUT2D eigenvalue weighted by atomic mass is 35.5. The molecular weight excluding hydrogens is 430 g/mol. The van der Waals surface area contributed by atoms with Crippen LogP contribution in [0.15, 0.2) is 85.1 Å². The molecule has 0 unspecified atom stereocenters. The Morgan fingerprint density at radius 2 is 1.70 bits per heavy atom. The van der Waals surface area contributed by atoms with Crippen LogP contribution in [0.2, 0.25) is 5.02 Å². The molecule has 0 spiro atoms. The van der Waals surface area contributed by atoms with Crippen LogP contribution in [0.25, 0.3) is 10.9 Å². The van der Waals surface area contributed by atoms with E-state index in [0.29, 0.717) is 5.02 Å². The second-order valence-electron chi connectivity index (χ2n) is 8.20. The molecule has 0 aliphatic rings. The molecule has 170 valence electrons. The molecule has 0 fully saturated rings. The third-order valence-corrected chi connectivity index (χ3v) is 5.95. The fourth-order valence-electron chi connectivity index (χ4n) is 4.04. The first kappa shape index (κ1) is 23.1. The smallest absolute Gasteiger partial charge is 0.119 e. The van der Waals surface area contributed by atoms with Crippen molar-refractivity contribution in [1.29, 1.82) is 0 Å². The molecule has 33 heavy (non-hydrogen) atoms. The number of ether oxygens (including phenoxy) is 1. The number of benzene rings is 3. The second kappa shape index (κ2) is 11.7. The standard InChI is InChI=1S/C28H30ClN3O/c1-33-25-11-7-10-23(18-25)21-32(20-22-8-3-2-4-9-22)17-6-5-15-30-27-14-16-31-28-19-24(29)12-13-26(27)28/h2-4,7-14,16,18-19H,5-6,15,17,20-21H2,1H3,(H,30,31). The summed E-state index contributed by atoms with van der Waals surface area (Å²) in [4.78, 5) is 6.93. The SMILES string of the molecule is COc1cccc(CN(CCCCNc2ccnc3cc(Cl)ccc23)Cc2ccccc2)c1. The maximum Gasteiger partial charge on any atom is 0.119 e. The molecule has 4 nitrogen and oxygen atoms in total. The number of rotatable bonds is 11. The van der Waals surface area contributed by atoms with Crippen molar-refractivity contribution in [2.24, 2.45) is 0 Å². The zero-order chi connectivity index (χ0) is 22.9. The number of nitrogens with zero attached hydrogens (tertiary/aromatic N) is 2. The van der Waals surface area contributed by atoms with E-state index in [1.54, 1.807) is 7.11 Å². The summed E-state index contributed by atoms with van der Waals surface area (Å²) in [5.74, 6) is 0.905. The maximum absolute atomic E-state index is 6.11. The molecule has 4 aromatic rings. The summed E-state index contributed by atoms with van der Waals surface area (Å²) in [5, 5.41) is 5.39. The molecule has 0 radical (unpaired) electrons. The van der Waals surface area contributed by atoms with E-state index in [2.05, 4.69) is 63.7 Å². The molecule has 1 aromatic heterocycles. The van der Waals surface area contributed by atoms with E-state index in [-0.39, 0.29) is 0 Å². The zero-order valence-electron chi connectivity index (χ0n) is 19.0. The van der Waals surface area contributed by atoms with Crippen LogP contribution in [-0.4, -0.2) is 30.1 Å². The van der Waals surface area contributed by atoms with Crippen molar-refractivity contribution in [2.45, 2.75) is 25.9 Å². The third-order valence-electron chi connectivity index (χ3n) is 5.71. The molecule has 4 rings (SSSR count). The molecule has 0 saturated carbocycles. The van der Waals surface area contributed by atoms with Gasteiger partial charge in [0.2, 0.25) is 0 Å². The summed E-state index contributed by atoms with van der Waals surface area (Å²) >= 11 is 6.11. The van der Waals surface area contributed by atoms with Crippen LogP contribution in [-0.2, 0) is 13.1 Å². The van der Waals surface area contributed by atoms with E-state index in [0.717, 1.165) is 61.4 Å². The summed E-state index contributed by atoms with van der Waals surface area (Å²) in [6.07, 6.45) is 4.02. The molecular formula is C28H30ClN3O. The van der Waals surface area contributed by atoms with Gasteiger partial charge in [0.25, 0.3) is 0 Å². The number of fused-ring (bicyclic) bond motifs is 1. The first-order chi connectivity index (χ1) is 16.2. The fourth-order valence-corrected chi connectivity index (χ4v) is 4.21. The Morgan fingerprint density at radius 3 is 2.55 bits per heavy atom. The number of methoxy groups -OCH3 is 1. The number of halogens is 1. The predicted molar refractivity (Wildman–Crippen MR) is 138 cm³/mol. The lowest BCUT2D eigenvalue weighted by atomic mass is 10.1. The molecule has 5 heteroatoms. The Bertz CT molecular complexity index is 1170. The highest BCUT2D eigenvalue weighted by Gasteiger charge is 2.09. The van der Waals surface area contributed by atoms with Gasteiger partial charge in [-0.3, -0.25) is 9.88 Å². The molecule has 1 heterocycles. The lowest BCUT2D eigenvalue weighted by Gasteiger charge is -2.23. The summed E-state index contributed by atoms with van der Waals surface area (Å²) in [6, 6.07) is 26.9. The molecule has 3 aromatic carbocycles. The minimum Gasteiger partial charge on any atom is -0.497 e. The summed E-state index contributed by atoms with van der Waals surface area (Å²) in [7, 11) is 1.72. The van der Waals surface area contributed by atoms with Gasteiger partial charge in [-0.05, 0) is 66.9 Å². The third kappa shape index (κ3) is 6.70. The lowest BCUT2D eigenvalue weighted by molar-refractivity contribution is 0.252. The minimum atomic E-state index is 0.710. The van der Waals surface area contributed by atoms with Gasteiger partial charge >= 0.3 is 0 Å². The van der Waals surface area contributed by atoms with Crippen LogP contribution in [0, 0.1) is 0 Å². The Balaban J connectivity index is 1.33. The lowest BCUT2D eigenvalue weighted by Crippen LogP contribution is -2.24. The number of pyridine rings is 1. The van der Waals surface area contributed by atoms with Gasteiger partial charge < -0.3 is 10.1 Å². The van der Waals surface area contributed by atoms with Gasteiger partial charge in [-0.2, -0.15) is 0 Å². The molecule has 0 atom stereocenters. The van der Waals surface area contributed by atoms with Gasteiger partial charge in [0.1, 0.15) is 5.75 Å². The van der Waals surface area contributed by atoms with Crippen molar-refractivity contribution >= 4 is 28.2 Å². The van der Waals surface area contributed by atoms with Gasteiger partial charge in [0.05, 0.1) is 12.6 Å². The van der Waals surface area contributed by atoms with Crippen LogP contribution in [0.5, 0.6) is 5.75 Å². The highest BCUT2D eigenvalue weighted by Crippen LogP contribution is 2.24. The van der Waals surface area contributed by atoms with Gasteiger partial charge in [0.15, 0.2) is 0 Å². The first-order valence-electron chi connectivity index (χ1n) is 11.4. The minimum absolute atomic E-state index is 0.710. The van der Waals surface area contributed by atoms with Crippen LogP contribution < -0.4 is 10.1 Å². The second-order valence-corrected chi connectivity index (χ2v) is 8.64. The van der Waals surface area contributed by atoms with Gasteiger partial charge in [-0.1, -0.05) is 54.1 Å². The van der Waals surface area contributed by atoms with E-state index >= 15 is 0 Å². The van der Waals surface area contributed by atoms with Crippen molar-refractivity contribution < 1.29 is 4.74 Å². The van der Waals surface area contributed by atoms with Crippen molar-refractivity contribution in [1.82, 2.24) is 9.88 Å². The maximum atomic E-state index is 6.11. The molecule has 0 amide bonds. The zero-order valence-corrected chi connectivity index (χ0v) is 19.8. The van der Waals surface area contributed by atoms with E-state index < -0.39 is 0 Å². The normalized spacial score (nSPS) is 11.1. The van der Waals surface area contributed by atoms with Gasteiger partial charge in [0, 0.05) is 41.9 Å². The average molecular weight is 460 g/mol. The van der Waals surface area contributed by atoms with Crippen LogP contribution >= 0.6 is 11.6 Å². The van der Waals surface area contributed by atoms with E-state index in [9.17, 15) is 0 Å². The largest absolute Gasteiger partial charge is 0.497 e. The Morgan fingerprint density at radius 1 is 0.879 bits per heavy atom. The van der Waals surface area contributed by atoms with Crippen LogP contribution in [0.4, 0.5) is 5.69 Å². The van der Waals surface area contributed by atoms with Crippen LogP contribution in [0.1, 0.15) is 24.0 Å².